The average Bonchev–Trinajstić information content (AvgIpc) is 3.27. The van der Waals surface area contributed by atoms with Crippen LogP contribution in [0.25, 0.3) is 11.1 Å². The SMILES string of the molecule is CCCCCCCCCCCCOc1ccc(C(N)=Nc2cccc(C(F)(F)F)c2)cc1-c1cc(C(N)=Nc2cccc(C(F)(F)F)c2)ccc1OCCCCCCCCCCCC. The van der Waals surface area contributed by atoms with Crippen molar-refractivity contribution in [3.8, 4) is 22.6 Å². The molecule has 0 saturated carbocycles. The van der Waals surface area contributed by atoms with Crippen LogP contribution in [0.2, 0.25) is 0 Å². The van der Waals surface area contributed by atoms with Crippen molar-refractivity contribution in [1.82, 2.24) is 0 Å². The van der Waals surface area contributed by atoms with Crippen molar-refractivity contribution in [3.05, 3.63) is 107 Å². The molecule has 64 heavy (non-hydrogen) atoms. The molecule has 0 heterocycles. The number of rotatable bonds is 29. The molecule has 0 spiro atoms. The Morgan fingerprint density at radius 1 is 0.438 bits per heavy atom. The normalized spacial score (nSPS) is 12.5. The molecule has 12 heteroatoms. The Kier molecular flexibility index (Phi) is 22.1. The van der Waals surface area contributed by atoms with Gasteiger partial charge in [0.2, 0.25) is 0 Å². The van der Waals surface area contributed by atoms with E-state index in [1.807, 2.05) is 0 Å². The summed E-state index contributed by atoms with van der Waals surface area (Å²) in [6, 6.07) is 19.7. The van der Waals surface area contributed by atoms with Gasteiger partial charge in [0.1, 0.15) is 23.2 Å². The summed E-state index contributed by atoms with van der Waals surface area (Å²) in [5, 5.41) is 0. The predicted molar refractivity (Wildman–Crippen MR) is 250 cm³/mol. The van der Waals surface area contributed by atoms with Crippen molar-refractivity contribution in [3.63, 3.8) is 0 Å². The standard InChI is InChI=1S/C52H68F6N4O2/c1-3-5-7-9-11-13-15-17-19-21-33-63-47-31-29-39(49(59)61-43-27-23-25-41(37-43)51(53,54)55)35-45(47)46-36-40(50(60)62-44-28-24-26-42(38-44)52(56,57)58)30-32-48(46)64-34-22-20-18-16-14-12-10-8-6-4-2/h23-32,35-38H,3-22,33-34H2,1-2H3,(H2,59,61)(H2,60,62). The number of ether oxygens (including phenoxy) is 2. The zero-order valence-electron chi connectivity index (χ0n) is 37.8. The van der Waals surface area contributed by atoms with Crippen molar-refractivity contribution < 1.29 is 35.8 Å². The minimum atomic E-state index is -4.55. The maximum Gasteiger partial charge on any atom is 0.416 e. The molecule has 4 N–H and O–H groups in total. The van der Waals surface area contributed by atoms with Crippen molar-refractivity contribution in [1.29, 1.82) is 0 Å². The van der Waals surface area contributed by atoms with Gasteiger partial charge in [-0.3, -0.25) is 0 Å². The highest BCUT2D eigenvalue weighted by Crippen LogP contribution is 2.39. The summed E-state index contributed by atoms with van der Waals surface area (Å²) in [6.07, 6.45) is 14.2. The second-order valence-corrected chi connectivity index (χ2v) is 16.6. The highest BCUT2D eigenvalue weighted by atomic mass is 19.4. The van der Waals surface area contributed by atoms with E-state index in [1.165, 1.54) is 114 Å². The molecule has 4 aromatic carbocycles. The van der Waals surface area contributed by atoms with Crippen LogP contribution < -0.4 is 20.9 Å². The third kappa shape index (κ3) is 18.2. The first-order chi connectivity index (χ1) is 30.8. The van der Waals surface area contributed by atoms with Crippen LogP contribution in [0.1, 0.15) is 165 Å². The Labute approximate surface area is 377 Å². The van der Waals surface area contributed by atoms with E-state index in [0.717, 1.165) is 62.8 Å². The number of amidine groups is 2. The van der Waals surface area contributed by atoms with Gasteiger partial charge in [0.15, 0.2) is 0 Å². The molecule has 0 fully saturated rings. The summed E-state index contributed by atoms with van der Waals surface area (Å²) >= 11 is 0. The van der Waals surface area contributed by atoms with E-state index in [2.05, 4.69) is 23.8 Å². The van der Waals surface area contributed by atoms with Gasteiger partial charge in [0, 0.05) is 22.3 Å². The Hall–Kier alpha value is -5.00. The highest BCUT2D eigenvalue weighted by molar-refractivity contribution is 6.02. The summed E-state index contributed by atoms with van der Waals surface area (Å²) < 4.78 is 94.2. The second kappa shape index (κ2) is 27.4. The number of alkyl halides is 6. The third-order valence-electron chi connectivity index (χ3n) is 11.2. The number of nitrogens with zero attached hydrogens (tertiary/aromatic N) is 2. The van der Waals surface area contributed by atoms with Gasteiger partial charge in [-0.15, -0.1) is 0 Å². The van der Waals surface area contributed by atoms with Gasteiger partial charge in [-0.1, -0.05) is 142 Å². The van der Waals surface area contributed by atoms with Crippen LogP contribution in [0.3, 0.4) is 0 Å². The zero-order valence-corrected chi connectivity index (χ0v) is 37.8. The fourth-order valence-electron chi connectivity index (χ4n) is 7.51. The molecule has 0 aliphatic heterocycles. The Morgan fingerprint density at radius 3 is 1.09 bits per heavy atom. The lowest BCUT2D eigenvalue weighted by Crippen LogP contribution is -2.14. The molecule has 0 unspecified atom stereocenters. The lowest BCUT2D eigenvalue weighted by Gasteiger charge is -2.18. The van der Waals surface area contributed by atoms with Crippen LogP contribution in [0, 0.1) is 0 Å². The first kappa shape index (κ1) is 51.6. The van der Waals surface area contributed by atoms with Gasteiger partial charge in [-0.2, -0.15) is 26.3 Å². The Balaban J connectivity index is 1.65. The Bertz CT molecular complexity index is 1900. The second-order valence-electron chi connectivity index (χ2n) is 16.6. The molecule has 0 aliphatic rings. The van der Waals surface area contributed by atoms with Crippen molar-refractivity contribution in [2.45, 2.75) is 155 Å². The quantitative estimate of drug-likeness (QED) is 0.0246. The number of hydrogen-bond acceptors (Lipinski definition) is 4. The van der Waals surface area contributed by atoms with Gasteiger partial charge in [-0.05, 0) is 85.6 Å². The van der Waals surface area contributed by atoms with E-state index in [-0.39, 0.29) is 23.0 Å². The number of nitrogens with two attached hydrogens (primary N) is 2. The van der Waals surface area contributed by atoms with Gasteiger partial charge in [0.25, 0.3) is 0 Å². The van der Waals surface area contributed by atoms with Crippen LogP contribution >= 0.6 is 0 Å². The van der Waals surface area contributed by atoms with Crippen LogP contribution in [0.5, 0.6) is 11.5 Å². The summed E-state index contributed by atoms with van der Waals surface area (Å²) in [4.78, 5) is 8.70. The van der Waals surface area contributed by atoms with E-state index < -0.39 is 23.5 Å². The van der Waals surface area contributed by atoms with E-state index in [4.69, 9.17) is 20.9 Å². The number of unbranched alkanes of at least 4 members (excludes halogenated alkanes) is 18. The van der Waals surface area contributed by atoms with Crippen LogP contribution in [-0.4, -0.2) is 24.9 Å². The molecule has 0 atom stereocenters. The van der Waals surface area contributed by atoms with E-state index in [9.17, 15) is 26.3 Å². The Morgan fingerprint density at radius 2 is 0.766 bits per heavy atom. The minimum absolute atomic E-state index is 0.0172. The summed E-state index contributed by atoms with van der Waals surface area (Å²) in [5.74, 6) is 0.995. The van der Waals surface area contributed by atoms with Gasteiger partial charge in [0.05, 0.1) is 35.7 Å². The fraction of sp³-hybridized carbons (Fsp3) is 0.500. The van der Waals surface area contributed by atoms with Crippen molar-refractivity contribution >= 4 is 23.0 Å². The number of halogens is 6. The van der Waals surface area contributed by atoms with Crippen molar-refractivity contribution in [2.24, 2.45) is 21.5 Å². The lowest BCUT2D eigenvalue weighted by molar-refractivity contribution is -0.138. The molecule has 4 aromatic rings. The largest absolute Gasteiger partial charge is 0.493 e. The fourth-order valence-corrected chi connectivity index (χ4v) is 7.51. The monoisotopic (exact) mass is 895 g/mol. The van der Waals surface area contributed by atoms with Gasteiger partial charge in [-0.25, -0.2) is 9.98 Å². The minimum Gasteiger partial charge on any atom is -0.493 e. The van der Waals surface area contributed by atoms with Gasteiger partial charge >= 0.3 is 12.4 Å². The van der Waals surface area contributed by atoms with Crippen LogP contribution in [0.4, 0.5) is 37.7 Å². The molecule has 0 aromatic heterocycles. The molecule has 0 aliphatic carbocycles. The molecule has 350 valence electrons. The molecule has 0 saturated heterocycles. The maximum atomic E-state index is 13.5. The van der Waals surface area contributed by atoms with E-state index in [1.54, 1.807) is 36.4 Å². The molecule has 0 bridgehead atoms. The van der Waals surface area contributed by atoms with E-state index in [0.29, 0.717) is 47.0 Å². The van der Waals surface area contributed by atoms with E-state index >= 15 is 0 Å². The zero-order chi connectivity index (χ0) is 46.2. The van der Waals surface area contributed by atoms with Crippen LogP contribution in [-0.2, 0) is 12.4 Å². The molecular weight excluding hydrogens is 827 g/mol. The summed E-state index contributed by atoms with van der Waals surface area (Å²) in [5.41, 5.74) is 13.4. The third-order valence-corrected chi connectivity index (χ3v) is 11.2. The first-order valence-electron chi connectivity index (χ1n) is 23.4. The molecular formula is C52H68F6N4O2. The smallest absolute Gasteiger partial charge is 0.416 e. The highest BCUT2D eigenvalue weighted by Gasteiger charge is 2.31. The first-order valence-corrected chi connectivity index (χ1v) is 23.4. The molecule has 4 rings (SSSR count). The number of hydrogen-bond donors (Lipinski definition) is 2. The summed E-state index contributed by atoms with van der Waals surface area (Å²) in [7, 11) is 0. The number of aliphatic imine (C=N–C) groups is 2. The number of benzene rings is 4. The molecule has 0 amide bonds. The average molecular weight is 895 g/mol. The topological polar surface area (TPSA) is 95.2 Å². The predicted octanol–water partition coefficient (Wildman–Crippen LogP) is 16.1. The lowest BCUT2D eigenvalue weighted by atomic mass is 9.98. The summed E-state index contributed by atoms with van der Waals surface area (Å²) in [6.45, 7) is 5.31. The maximum absolute atomic E-state index is 13.5. The van der Waals surface area contributed by atoms with Gasteiger partial charge < -0.3 is 20.9 Å². The van der Waals surface area contributed by atoms with Crippen LogP contribution in [0.15, 0.2) is 94.9 Å². The molecule has 6 nitrogen and oxygen atoms in total. The molecule has 0 radical (unpaired) electrons. The van der Waals surface area contributed by atoms with Crippen molar-refractivity contribution in [2.75, 3.05) is 13.2 Å².